The van der Waals surface area contributed by atoms with E-state index in [0.29, 0.717) is 0 Å². The van der Waals surface area contributed by atoms with Gasteiger partial charge in [-0.15, -0.1) is 0 Å². The van der Waals surface area contributed by atoms with Gasteiger partial charge in [0.15, 0.2) is 0 Å². The number of hydrogen-bond acceptors (Lipinski definition) is 3. The van der Waals surface area contributed by atoms with Crippen LogP contribution >= 0.6 is 0 Å². The molecule has 4 heteroatoms. The summed E-state index contributed by atoms with van der Waals surface area (Å²) in [4.78, 5) is 26.2. The van der Waals surface area contributed by atoms with Crippen molar-refractivity contribution in [3.05, 3.63) is 59.2 Å². The Morgan fingerprint density at radius 2 is 1.78 bits per heavy atom. The summed E-state index contributed by atoms with van der Waals surface area (Å²) in [6, 6.07) is 13.1. The van der Waals surface area contributed by atoms with Crippen molar-refractivity contribution in [2.75, 3.05) is 16.8 Å². The molecule has 2 aromatic rings. The van der Waals surface area contributed by atoms with Crippen LogP contribution in [0.2, 0.25) is 0 Å². The summed E-state index contributed by atoms with van der Waals surface area (Å²) < 4.78 is 0. The van der Waals surface area contributed by atoms with Gasteiger partial charge in [0.2, 0.25) is 0 Å². The molecule has 0 spiro atoms. The van der Waals surface area contributed by atoms with Crippen LogP contribution in [0, 0.1) is 13.8 Å². The minimum Gasteiger partial charge on any atom is -0.368 e. The zero-order chi connectivity index (χ0) is 16.6. The number of nitrogens with zero attached hydrogens (tertiary/aromatic N) is 1. The molecule has 1 aliphatic heterocycles. The largest absolute Gasteiger partial charge is 0.368 e. The first-order valence-corrected chi connectivity index (χ1v) is 7.71. The van der Waals surface area contributed by atoms with Gasteiger partial charge < -0.3 is 10.2 Å². The van der Waals surface area contributed by atoms with Gasteiger partial charge in [0.1, 0.15) is 11.8 Å². The minimum absolute atomic E-state index is 0.0313. The molecule has 0 aromatic heterocycles. The summed E-state index contributed by atoms with van der Waals surface area (Å²) in [5, 5.41) is 3.33. The first-order valence-electron chi connectivity index (χ1n) is 7.71. The smallest absolute Gasteiger partial charge is 0.254 e. The highest BCUT2D eigenvalue weighted by Gasteiger charge is 2.34. The van der Waals surface area contributed by atoms with Crippen molar-refractivity contribution in [2.24, 2.45) is 0 Å². The lowest BCUT2D eigenvalue weighted by Crippen LogP contribution is -2.44. The summed E-state index contributed by atoms with van der Waals surface area (Å²) in [7, 11) is 0. The SMILES string of the molecule is CC(=O)CN1C(=O)C(c2ccccc2)Nc2cc(C)c(C)cc21. The zero-order valence-electron chi connectivity index (χ0n) is 13.6. The fraction of sp³-hybridized carbons (Fsp3) is 0.263. The Balaban J connectivity index is 2.10. The van der Waals surface area contributed by atoms with Gasteiger partial charge in [-0.25, -0.2) is 0 Å². The van der Waals surface area contributed by atoms with Crippen molar-refractivity contribution in [2.45, 2.75) is 26.8 Å². The Morgan fingerprint density at radius 1 is 1.13 bits per heavy atom. The highest BCUT2D eigenvalue weighted by atomic mass is 16.2. The number of fused-ring (bicyclic) bond motifs is 1. The van der Waals surface area contributed by atoms with Gasteiger partial charge in [0.05, 0.1) is 17.9 Å². The molecule has 4 nitrogen and oxygen atoms in total. The van der Waals surface area contributed by atoms with Crippen LogP contribution in [0.1, 0.15) is 29.7 Å². The van der Waals surface area contributed by atoms with Crippen LogP contribution in [0.5, 0.6) is 0 Å². The molecule has 0 saturated carbocycles. The summed E-state index contributed by atoms with van der Waals surface area (Å²) in [6.45, 7) is 5.66. The first-order chi connectivity index (χ1) is 11.0. The van der Waals surface area contributed by atoms with Crippen molar-refractivity contribution >= 4 is 23.1 Å². The number of carbonyl (C=O) groups excluding carboxylic acids is 2. The van der Waals surface area contributed by atoms with Crippen molar-refractivity contribution in [1.82, 2.24) is 0 Å². The maximum Gasteiger partial charge on any atom is 0.254 e. The van der Waals surface area contributed by atoms with E-state index in [1.165, 1.54) is 6.92 Å². The third-order valence-corrected chi connectivity index (χ3v) is 4.23. The van der Waals surface area contributed by atoms with E-state index in [0.717, 1.165) is 28.1 Å². The average Bonchev–Trinajstić information content (AvgIpc) is 2.52. The molecule has 0 bridgehead atoms. The zero-order valence-corrected chi connectivity index (χ0v) is 13.6. The third kappa shape index (κ3) is 2.84. The predicted octanol–water partition coefficient (Wildman–Crippen LogP) is 3.39. The van der Waals surface area contributed by atoms with Gasteiger partial charge in [-0.2, -0.15) is 0 Å². The number of anilines is 2. The molecule has 23 heavy (non-hydrogen) atoms. The van der Waals surface area contributed by atoms with Gasteiger partial charge in [-0.1, -0.05) is 30.3 Å². The molecular formula is C19H20N2O2. The number of rotatable bonds is 3. The predicted molar refractivity (Wildman–Crippen MR) is 91.8 cm³/mol. The molecule has 2 aromatic carbocycles. The minimum atomic E-state index is -0.467. The van der Waals surface area contributed by atoms with Gasteiger partial charge in [-0.05, 0) is 49.6 Å². The molecule has 1 amide bonds. The lowest BCUT2D eigenvalue weighted by atomic mass is 9.98. The second-order valence-electron chi connectivity index (χ2n) is 6.07. The van der Waals surface area contributed by atoms with Crippen LogP contribution in [0.15, 0.2) is 42.5 Å². The average molecular weight is 308 g/mol. The highest BCUT2D eigenvalue weighted by molar-refractivity contribution is 6.08. The number of ketones is 1. The molecule has 1 aliphatic rings. The fourth-order valence-electron chi connectivity index (χ4n) is 2.89. The molecule has 0 radical (unpaired) electrons. The summed E-state index contributed by atoms with van der Waals surface area (Å²) in [5.74, 6) is -0.126. The van der Waals surface area contributed by atoms with Crippen LogP contribution in [0.3, 0.4) is 0 Å². The molecule has 1 unspecified atom stereocenters. The lowest BCUT2D eigenvalue weighted by molar-refractivity contribution is -0.122. The number of Topliss-reactive ketones (excluding diaryl/α,β-unsaturated/α-hetero) is 1. The molecule has 0 fully saturated rings. The van der Waals surface area contributed by atoms with E-state index in [1.54, 1.807) is 4.90 Å². The topological polar surface area (TPSA) is 49.4 Å². The fourth-order valence-corrected chi connectivity index (χ4v) is 2.89. The van der Waals surface area contributed by atoms with Crippen molar-refractivity contribution in [3.63, 3.8) is 0 Å². The molecular weight excluding hydrogens is 288 g/mol. The van der Waals surface area contributed by atoms with Gasteiger partial charge in [-0.3, -0.25) is 9.59 Å². The van der Waals surface area contributed by atoms with Gasteiger partial charge >= 0.3 is 0 Å². The van der Waals surface area contributed by atoms with Crippen molar-refractivity contribution < 1.29 is 9.59 Å². The number of nitrogens with one attached hydrogen (secondary N) is 1. The Morgan fingerprint density at radius 3 is 2.43 bits per heavy atom. The highest BCUT2D eigenvalue weighted by Crippen LogP contribution is 2.38. The van der Waals surface area contributed by atoms with E-state index in [2.05, 4.69) is 5.32 Å². The summed E-state index contributed by atoms with van der Waals surface area (Å²) in [6.07, 6.45) is 0. The first kappa shape index (κ1) is 15.3. The van der Waals surface area contributed by atoms with E-state index in [1.807, 2.05) is 56.3 Å². The number of carbonyl (C=O) groups is 2. The molecule has 1 atom stereocenters. The standard InChI is InChI=1S/C19H20N2O2/c1-12-9-16-17(10-13(12)2)21(11-14(3)22)19(23)18(20-16)15-7-5-4-6-8-15/h4-10,18,20H,11H2,1-3H3. The normalized spacial score (nSPS) is 16.7. The van der Waals surface area contributed by atoms with Crippen LogP contribution in [0.4, 0.5) is 11.4 Å². The number of aryl methyl sites for hydroxylation is 2. The van der Waals surface area contributed by atoms with Crippen LogP contribution < -0.4 is 10.2 Å². The lowest BCUT2D eigenvalue weighted by Gasteiger charge is -2.35. The van der Waals surface area contributed by atoms with E-state index < -0.39 is 6.04 Å². The summed E-state index contributed by atoms with van der Waals surface area (Å²) >= 11 is 0. The Kier molecular flexibility index (Phi) is 3.90. The van der Waals surface area contributed by atoms with Crippen LogP contribution in [0.25, 0.3) is 0 Å². The van der Waals surface area contributed by atoms with E-state index >= 15 is 0 Å². The molecule has 1 heterocycles. The Bertz CT molecular complexity index is 768. The van der Waals surface area contributed by atoms with Crippen LogP contribution in [-0.4, -0.2) is 18.2 Å². The van der Waals surface area contributed by atoms with Crippen LogP contribution in [-0.2, 0) is 9.59 Å². The van der Waals surface area contributed by atoms with E-state index in [-0.39, 0.29) is 18.2 Å². The second kappa shape index (κ2) is 5.88. The number of hydrogen-bond donors (Lipinski definition) is 1. The van der Waals surface area contributed by atoms with Crippen molar-refractivity contribution in [3.8, 4) is 0 Å². The maximum atomic E-state index is 12.9. The van der Waals surface area contributed by atoms with E-state index in [4.69, 9.17) is 0 Å². The molecule has 0 saturated heterocycles. The maximum absolute atomic E-state index is 12.9. The Labute approximate surface area is 136 Å². The molecule has 118 valence electrons. The third-order valence-electron chi connectivity index (χ3n) is 4.23. The molecule has 0 aliphatic carbocycles. The summed E-state index contributed by atoms with van der Waals surface area (Å²) in [5.41, 5.74) is 4.82. The van der Waals surface area contributed by atoms with Gasteiger partial charge in [0.25, 0.3) is 5.91 Å². The molecule has 1 N–H and O–H groups in total. The molecule has 3 rings (SSSR count). The van der Waals surface area contributed by atoms with Gasteiger partial charge in [0, 0.05) is 0 Å². The quantitative estimate of drug-likeness (QED) is 0.945. The van der Waals surface area contributed by atoms with Crippen molar-refractivity contribution in [1.29, 1.82) is 0 Å². The second-order valence-corrected chi connectivity index (χ2v) is 6.07. The Hall–Kier alpha value is -2.62. The number of amides is 1. The van der Waals surface area contributed by atoms with E-state index in [9.17, 15) is 9.59 Å². The number of benzene rings is 2. The monoisotopic (exact) mass is 308 g/mol.